The van der Waals surface area contributed by atoms with Crippen molar-refractivity contribution in [3.63, 3.8) is 0 Å². The number of carbonyl (C=O) groups is 1. The first-order valence-electron chi connectivity index (χ1n) is 10.7. The predicted octanol–water partition coefficient (Wildman–Crippen LogP) is 5.15. The summed E-state index contributed by atoms with van der Waals surface area (Å²) >= 11 is 1.68. The minimum atomic E-state index is -0.711. The Labute approximate surface area is 197 Å². The van der Waals surface area contributed by atoms with Crippen LogP contribution in [0.3, 0.4) is 0 Å². The number of rotatable bonds is 5. The Kier molecular flexibility index (Phi) is 6.54. The Morgan fingerprint density at radius 1 is 1.15 bits per heavy atom. The maximum atomic E-state index is 13.7. The Morgan fingerprint density at radius 2 is 1.82 bits per heavy atom. The largest absolute Gasteiger partial charge is 0.493 e. The van der Waals surface area contributed by atoms with E-state index in [9.17, 15) is 14.3 Å². The fourth-order valence-electron chi connectivity index (χ4n) is 4.26. The maximum absolute atomic E-state index is 13.7. The minimum absolute atomic E-state index is 0.0181. The van der Waals surface area contributed by atoms with E-state index in [4.69, 9.17) is 14.2 Å². The lowest BCUT2D eigenvalue weighted by Gasteiger charge is -2.35. The Morgan fingerprint density at radius 3 is 2.45 bits per heavy atom. The van der Waals surface area contributed by atoms with Crippen molar-refractivity contribution in [1.82, 2.24) is 0 Å². The smallest absolute Gasteiger partial charge is 0.309 e. The second-order valence-corrected chi connectivity index (χ2v) is 10.3. The van der Waals surface area contributed by atoms with Gasteiger partial charge in [-0.15, -0.1) is 11.8 Å². The number of aliphatic hydroxyl groups is 1. The molecule has 2 aromatic carbocycles. The first-order chi connectivity index (χ1) is 15.7. The highest BCUT2D eigenvalue weighted by atomic mass is 32.2. The average molecular weight is 471 g/mol. The molecule has 2 aliphatic rings. The molecule has 0 radical (unpaired) electrons. The summed E-state index contributed by atoms with van der Waals surface area (Å²) in [7, 11) is 3.20. The summed E-state index contributed by atoms with van der Waals surface area (Å²) in [5, 5.41) is 9.97. The molecule has 2 atom stereocenters. The lowest BCUT2D eigenvalue weighted by molar-refractivity contribution is -0.156. The van der Waals surface area contributed by atoms with Crippen molar-refractivity contribution >= 4 is 23.3 Å². The van der Waals surface area contributed by atoms with Crippen molar-refractivity contribution in [2.45, 2.75) is 48.5 Å². The summed E-state index contributed by atoms with van der Waals surface area (Å²) in [6, 6.07) is 10.3. The highest BCUT2D eigenvalue weighted by Gasteiger charge is 2.35. The molecule has 2 aromatic rings. The first kappa shape index (κ1) is 23.4. The normalized spacial score (nSPS) is 22.2. The molecule has 5 nitrogen and oxygen atoms in total. The van der Waals surface area contributed by atoms with Crippen molar-refractivity contribution in [1.29, 1.82) is 0 Å². The molecule has 1 fully saturated rings. The first-order valence-corrected chi connectivity index (χ1v) is 11.6. The number of hydrogen-bond donors (Lipinski definition) is 1. The summed E-state index contributed by atoms with van der Waals surface area (Å²) in [5.41, 5.74) is 3.74. The van der Waals surface area contributed by atoms with Gasteiger partial charge in [-0.05, 0) is 60.9 Å². The van der Waals surface area contributed by atoms with Crippen LogP contribution in [0.15, 0.2) is 59.0 Å². The van der Waals surface area contributed by atoms with Crippen LogP contribution >= 0.6 is 11.8 Å². The Balaban J connectivity index is 1.90. The van der Waals surface area contributed by atoms with Gasteiger partial charge >= 0.3 is 5.97 Å². The third-order valence-electron chi connectivity index (χ3n) is 5.84. The van der Waals surface area contributed by atoms with Gasteiger partial charge in [0.15, 0.2) is 11.5 Å². The number of hydrogen-bond acceptors (Lipinski definition) is 6. The van der Waals surface area contributed by atoms with Crippen LogP contribution in [0.1, 0.15) is 37.8 Å². The Hall–Kier alpha value is -2.77. The third-order valence-corrected chi connectivity index (χ3v) is 7.13. The van der Waals surface area contributed by atoms with Crippen LogP contribution in [0.5, 0.6) is 11.5 Å². The number of carbonyl (C=O) groups excluding carboxylic acids is 1. The maximum Gasteiger partial charge on any atom is 0.309 e. The monoisotopic (exact) mass is 470 g/mol. The molecule has 2 aliphatic heterocycles. The predicted molar refractivity (Wildman–Crippen MR) is 126 cm³/mol. The summed E-state index contributed by atoms with van der Waals surface area (Å²) < 4.78 is 29.9. The van der Waals surface area contributed by atoms with Gasteiger partial charge in [-0.1, -0.05) is 18.2 Å². The fraction of sp³-hybridized carbons (Fsp3) is 0.346. The zero-order valence-electron chi connectivity index (χ0n) is 19.1. The number of fused-ring (bicyclic) bond motifs is 1. The molecule has 1 N–H and O–H groups in total. The van der Waals surface area contributed by atoms with Gasteiger partial charge in [-0.25, -0.2) is 4.39 Å². The zero-order valence-corrected chi connectivity index (χ0v) is 19.9. The van der Waals surface area contributed by atoms with Crippen LogP contribution in [0.2, 0.25) is 0 Å². The summed E-state index contributed by atoms with van der Waals surface area (Å²) in [4.78, 5) is 12.8. The van der Waals surface area contributed by atoms with E-state index in [-0.39, 0.29) is 17.0 Å². The number of methoxy groups -OCH3 is 2. The van der Waals surface area contributed by atoms with E-state index in [1.165, 1.54) is 12.1 Å². The number of allylic oxidation sites excluding steroid dienone is 1. The number of esters is 1. The van der Waals surface area contributed by atoms with Gasteiger partial charge < -0.3 is 19.3 Å². The minimum Gasteiger partial charge on any atom is -0.493 e. The van der Waals surface area contributed by atoms with Gasteiger partial charge in [-0.3, -0.25) is 4.79 Å². The topological polar surface area (TPSA) is 65.0 Å². The number of cyclic esters (lactones) is 1. The lowest BCUT2D eigenvalue weighted by Crippen LogP contribution is -2.31. The van der Waals surface area contributed by atoms with Crippen LogP contribution in [0.25, 0.3) is 5.57 Å². The van der Waals surface area contributed by atoms with Crippen molar-refractivity contribution in [2.24, 2.45) is 0 Å². The standard InChI is InChI=1S/C26H27FO5S/c1-26(2)20(10-9-18-11-17(28)12-24(29)32-18)25(15-5-7-16(27)8-6-15)19-13-21(30-3)22(31-4)14-23(19)33-26/h5-10,13-14,17-18,28H,11-12H2,1-4H3/t17-,18-/m1/s1. The Bertz CT molecular complexity index is 1120. The van der Waals surface area contributed by atoms with Crippen LogP contribution in [-0.2, 0) is 9.53 Å². The van der Waals surface area contributed by atoms with Crippen molar-refractivity contribution in [3.8, 4) is 11.5 Å². The molecule has 7 heteroatoms. The van der Waals surface area contributed by atoms with E-state index in [0.717, 1.165) is 27.2 Å². The van der Waals surface area contributed by atoms with E-state index < -0.39 is 18.2 Å². The molecule has 4 rings (SSSR count). The van der Waals surface area contributed by atoms with E-state index in [1.807, 2.05) is 24.3 Å². The number of benzene rings is 2. The summed E-state index contributed by atoms with van der Waals surface area (Å²) in [5.74, 6) is 0.524. The van der Waals surface area contributed by atoms with Crippen LogP contribution in [0.4, 0.5) is 4.39 Å². The molecule has 0 aliphatic carbocycles. The SMILES string of the molecule is COc1cc2c(cc1OC)C(c1ccc(F)cc1)=C(C=C[C@@H]1C[C@@H](O)CC(=O)O1)C(C)(C)S2. The molecule has 0 saturated carbocycles. The summed E-state index contributed by atoms with van der Waals surface area (Å²) in [6.45, 7) is 4.23. The highest BCUT2D eigenvalue weighted by molar-refractivity contribution is 8.01. The number of thioether (sulfide) groups is 1. The van der Waals surface area contributed by atoms with Crippen molar-refractivity contribution in [2.75, 3.05) is 14.2 Å². The van der Waals surface area contributed by atoms with Gasteiger partial charge in [0.2, 0.25) is 0 Å². The fourth-order valence-corrected chi connectivity index (χ4v) is 5.52. The molecule has 33 heavy (non-hydrogen) atoms. The molecule has 0 aromatic heterocycles. The van der Waals surface area contributed by atoms with Gasteiger partial charge in [-0.2, -0.15) is 0 Å². The number of ether oxygens (including phenoxy) is 3. The van der Waals surface area contributed by atoms with Crippen LogP contribution in [0, 0.1) is 5.82 Å². The molecule has 174 valence electrons. The third kappa shape index (κ3) is 4.80. The number of halogens is 1. The average Bonchev–Trinajstić information content (AvgIpc) is 2.76. The molecule has 0 amide bonds. The second kappa shape index (κ2) is 9.23. The molecule has 2 heterocycles. The van der Waals surface area contributed by atoms with Crippen LogP contribution < -0.4 is 9.47 Å². The summed E-state index contributed by atoms with van der Waals surface area (Å²) in [6.07, 6.45) is 2.95. The second-order valence-electron chi connectivity index (χ2n) is 8.59. The van der Waals surface area contributed by atoms with E-state index >= 15 is 0 Å². The quantitative estimate of drug-likeness (QED) is 0.610. The lowest BCUT2D eigenvalue weighted by atomic mass is 9.86. The molecular formula is C26H27FO5S. The van der Waals surface area contributed by atoms with Crippen LogP contribution in [-0.4, -0.2) is 42.3 Å². The van der Waals surface area contributed by atoms with Gasteiger partial charge in [0.05, 0.1) is 26.7 Å². The van der Waals surface area contributed by atoms with Gasteiger partial charge in [0.25, 0.3) is 0 Å². The van der Waals surface area contributed by atoms with Gasteiger partial charge in [0, 0.05) is 21.6 Å². The van der Waals surface area contributed by atoms with Gasteiger partial charge in [0.1, 0.15) is 11.9 Å². The molecular weight excluding hydrogens is 443 g/mol. The van der Waals surface area contributed by atoms with Crippen molar-refractivity contribution in [3.05, 3.63) is 71.1 Å². The van der Waals surface area contributed by atoms with E-state index in [0.29, 0.717) is 17.9 Å². The molecule has 1 saturated heterocycles. The molecule has 0 bridgehead atoms. The number of aliphatic hydroxyl groups excluding tert-OH is 1. The van der Waals surface area contributed by atoms with E-state index in [1.54, 1.807) is 38.1 Å². The zero-order chi connectivity index (χ0) is 23.8. The van der Waals surface area contributed by atoms with Crippen molar-refractivity contribution < 1.29 is 28.5 Å². The molecule has 0 unspecified atom stereocenters. The van der Waals surface area contributed by atoms with E-state index in [2.05, 4.69) is 13.8 Å². The molecule has 0 spiro atoms. The highest BCUT2D eigenvalue weighted by Crippen LogP contribution is 2.53.